The van der Waals surface area contributed by atoms with Gasteiger partial charge in [-0.05, 0) is 30.3 Å². The summed E-state index contributed by atoms with van der Waals surface area (Å²) < 4.78 is 27.7. The minimum atomic E-state index is -3.70. The van der Waals surface area contributed by atoms with Crippen molar-refractivity contribution in [1.29, 1.82) is 0 Å². The highest BCUT2D eigenvalue weighted by Gasteiger charge is 2.08. The van der Waals surface area contributed by atoms with E-state index < -0.39 is 10.0 Å². The van der Waals surface area contributed by atoms with Crippen LogP contribution in [0.2, 0.25) is 0 Å². The second-order valence-corrected chi connectivity index (χ2v) is 5.51. The average Bonchev–Trinajstić information content (AvgIpc) is 2.84. The fourth-order valence-corrected chi connectivity index (χ4v) is 2.13. The van der Waals surface area contributed by atoms with Crippen molar-refractivity contribution in [2.45, 2.75) is 18.0 Å². The highest BCUT2D eigenvalue weighted by atomic mass is 32.2. The Bertz CT molecular complexity index is 664. The summed E-state index contributed by atoms with van der Waals surface area (Å²) in [4.78, 5) is 0.0491. The Balaban J connectivity index is 2.07. The third kappa shape index (κ3) is 3.57. The molecule has 2 rings (SSSR count). The Hall–Kier alpha value is -1.83. The number of rotatable bonds is 5. The van der Waals surface area contributed by atoms with Crippen LogP contribution in [0.3, 0.4) is 0 Å². The molecule has 0 spiro atoms. The van der Waals surface area contributed by atoms with E-state index in [9.17, 15) is 8.42 Å². The molecule has 0 unspecified atom stereocenters. The summed E-state index contributed by atoms with van der Waals surface area (Å²) in [6, 6.07) is 9.62. The van der Waals surface area contributed by atoms with Gasteiger partial charge in [0.1, 0.15) is 18.1 Å². The van der Waals surface area contributed by atoms with Crippen molar-refractivity contribution in [3.8, 4) is 0 Å². The molecule has 0 bridgehead atoms. The topological polar surface area (TPSA) is 106 Å². The lowest BCUT2D eigenvalue weighted by Crippen LogP contribution is -2.12. The zero-order chi connectivity index (χ0) is 13.9. The first kappa shape index (κ1) is 13.6. The monoisotopic (exact) mass is 282 g/mol. The Morgan fingerprint density at radius 2 is 1.95 bits per heavy atom. The van der Waals surface area contributed by atoms with Gasteiger partial charge in [-0.3, -0.25) is 0 Å². The Labute approximate surface area is 110 Å². The standard InChI is InChI=1S/C12H14N2O4S/c13-19(16,17)12-3-1-2-9(6-12)14-7-10-4-5-11(8-15)18-10/h1-6,14-15H,7-8H2,(H2,13,16,17). The second-order valence-electron chi connectivity index (χ2n) is 3.95. The lowest BCUT2D eigenvalue weighted by Gasteiger charge is -2.06. The fourth-order valence-electron chi connectivity index (χ4n) is 1.57. The summed E-state index contributed by atoms with van der Waals surface area (Å²) in [5.74, 6) is 1.13. The van der Waals surface area contributed by atoms with Gasteiger partial charge in [0.05, 0.1) is 11.4 Å². The van der Waals surface area contributed by atoms with Gasteiger partial charge >= 0.3 is 0 Å². The van der Waals surface area contributed by atoms with Gasteiger partial charge in [-0.2, -0.15) is 0 Å². The first-order valence-electron chi connectivity index (χ1n) is 5.54. The minimum absolute atomic E-state index is 0.0491. The van der Waals surface area contributed by atoms with Gasteiger partial charge in [-0.25, -0.2) is 13.6 Å². The summed E-state index contributed by atoms with van der Waals surface area (Å²) in [6.45, 7) is 0.231. The summed E-state index contributed by atoms with van der Waals surface area (Å²) in [5, 5.41) is 16.9. The first-order chi connectivity index (χ1) is 8.99. The maximum absolute atomic E-state index is 11.2. The average molecular weight is 282 g/mol. The summed E-state index contributed by atoms with van der Waals surface area (Å²) in [7, 11) is -3.70. The number of furan rings is 1. The molecular formula is C12H14N2O4S. The van der Waals surface area contributed by atoms with Crippen LogP contribution in [0, 0.1) is 0 Å². The molecule has 4 N–H and O–H groups in total. The van der Waals surface area contributed by atoms with E-state index in [1.165, 1.54) is 12.1 Å². The van der Waals surface area contributed by atoms with Gasteiger partial charge in [0, 0.05) is 5.69 Å². The van der Waals surface area contributed by atoms with Crippen LogP contribution in [0.4, 0.5) is 5.69 Å². The Morgan fingerprint density at radius 1 is 1.21 bits per heavy atom. The molecule has 0 fully saturated rings. The lowest BCUT2D eigenvalue weighted by molar-refractivity contribution is 0.244. The largest absolute Gasteiger partial charge is 0.462 e. The van der Waals surface area contributed by atoms with Crippen LogP contribution in [0.1, 0.15) is 11.5 Å². The van der Waals surface area contributed by atoms with Crippen molar-refractivity contribution >= 4 is 15.7 Å². The summed E-state index contributed by atoms with van der Waals surface area (Å²) >= 11 is 0. The number of hydrogen-bond acceptors (Lipinski definition) is 5. The SMILES string of the molecule is NS(=O)(=O)c1cccc(NCc2ccc(CO)o2)c1. The zero-order valence-electron chi connectivity index (χ0n) is 10.0. The fraction of sp³-hybridized carbons (Fsp3) is 0.167. The van der Waals surface area contributed by atoms with Gasteiger partial charge in [-0.15, -0.1) is 0 Å². The number of aliphatic hydroxyl groups excluding tert-OH is 1. The molecule has 1 aromatic heterocycles. The lowest BCUT2D eigenvalue weighted by atomic mass is 10.3. The van der Waals surface area contributed by atoms with Crippen molar-refractivity contribution < 1.29 is 17.9 Å². The van der Waals surface area contributed by atoms with Crippen LogP contribution < -0.4 is 10.5 Å². The van der Waals surface area contributed by atoms with E-state index in [4.69, 9.17) is 14.7 Å². The van der Waals surface area contributed by atoms with E-state index in [-0.39, 0.29) is 11.5 Å². The van der Waals surface area contributed by atoms with E-state index in [0.29, 0.717) is 23.8 Å². The van der Waals surface area contributed by atoms with Crippen molar-refractivity contribution in [2.24, 2.45) is 5.14 Å². The molecule has 0 radical (unpaired) electrons. The molecule has 0 aliphatic rings. The molecular weight excluding hydrogens is 268 g/mol. The molecule has 0 aliphatic heterocycles. The Morgan fingerprint density at radius 3 is 2.58 bits per heavy atom. The van der Waals surface area contributed by atoms with E-state index in [1.54, 1.807) is 24.3 Å². The van der Waals surface area contributed by atoms with E-state index in [2.05, 4.69) is 5.32 Å². The number of anilines is 1. The van der Waals surface area contributed by atoms with E-state index in [0.717, 1.165) is 0 Å². The number of nitrogens with one attached hydrogen (secondary N) is 1. The summed E-state index contributed by atoms with van der Waals surface area (Å²) in [6.07, 6.45) is 0. The third-order valence-electron chi connectivity index (χ3n) is 2.50. The van der Waals surface area contributed by atoms with Crippen LogP contribution in [0.25, 0.3) is 0 Å². The molecule has 19 heavy (non-hydrogen) atoms. The highest BCUT2D eigenvalue weighted by molar-refractivity contribution is 7.89. The van der Waals surface area contributed by atoms with Crippen LogP contribution >= 0.6 is 0 Å². The van der Waals surface area contributed by atoms with E-state index in [1.807, 2.05) is 0 Å². The molecule has 1 heterocycles. The number of nitrogens with two attached hydrogens (primary N) is 1. The molecule has 0 saturated carbocycles. The molecule has 0 aliphatic carbocycles. The molecule has 0 amide bonds. The van der Waals surface area contributed by atoms with Crippen LogP contribution in [-0.4, -0.2) is 13.5 Å². The number of sulfonamides is 1. The Kier molecular flexibility index (Phi) is 3.89. The van der Waals surface area contributed by atoms with Crippen molar-refractivity contribution in [3.05, 3.63) is 47.9 Å². The number of aliphatic hydroxyl groups is 1. The predicted octanol–water partition coefficient (Wildman–Crippen LogP) is 1.03. The van der Waals surface area contributed by atoms with Crippen molar-refractivity contribution in [2.75, 3.05) is 5.32 Å². The van der Waals surface area contributed by atoms with Crippen LogP contribution in [0.15, 0.2) is 45.7 Å². The highest BCUT2D eigenvalue weighted by Crippen LogP contribution is 2.16. The quantitative estimate of drug-likeness (QED) is 0.759. The maximum atomic E-state index is 11.2. The van der Waals surface area contributed by atoms with Crippen LogP contribution in [-0.2, 0) is 23.2 Å². The molecule has 0 atom stereocenters. The third-order valence-corrected chi connectivity index (χ3v) is 3.41. The first-order valence-corrected chi connectivity index (χ1v) is 7.09. The maximum Gasteiger partial charge on any atom is 0.238 e. The van der Waals surface area contributed by atoms with Gasteiger partial charge in [0.15, 0.2) is 0 Å². The molecule has 7 heteroatoms. The molecule has 0 saturated heterocycles. The normalized spacial score (nSPS) is 11.5. The molecule has 2 aromatic rings. The molecule has 1 aromatic carbocycles. The van der Waals surface area contributed by atoms with Gasteiger partial charge in [0.2, 0.25) is 10.0 Å². The predicted molar refractivity (Wildman–Crippen MR) is 69.8 cm³/mol. The number of primary sulfonamides is 1. The number of hydrogen-bond donors (Lipinski definition) is 3. The van der Waals surface area contributed by atoms with E-state index >= 15 is 0 Å². The second kappa shape index (κ2) is 5.43. The smallest absolute Gasteiger partial charge is 0.238 e. The minimum Gasteiger partial charge on any atom is -0.462 e. The van der Waals surface area contributed by atoms with Crippen LogP contribution in [0.5, 0.6) is 0 Å². The molecule has 102 valence electrons. The summed E-state index contributed by atoms with van der Waals surface area (Å²) in [5.41, 5.74) is 0.619. The van der Waals surface area contributed by atoms with Gasteiger partial charge in [0.25, 0.3) is 0 Å². The van der Waals surface area contributed by atoms with Crippen molar-refractivity contribution in [1.82, 2.24) is 0 Å². The van der Waals surface area contributed by atoms with Gasteiger partial charge < -0.3 is 14.8 Å². The van der Waals surface area contributed by atoms with Crippen molar-refractivity contribution in [3.63, 3.8) is 0 Å². The molecule has 6 nitrogen and oxygen atoms in total. The van der Waals surface area contributed by atoms with Gasteiger partial charge in [-0.1, -0.05) is 6.07 Å². The number of benzene rings is 1. The zero-order valence-corrected chi connectivity index (χ0v) is 10.9.